The molecule has 2 aliphatic rings. The summed E-state index contributed by atoms with van der Waals surface area (Å²) in [7, 11) is 0. The molecule has 1 saturated heterocycles. The molecule has 0 N–H and O–H groups in total. The summed E-state index contributed by atoms with van der Waals surface area (Å²) in [5, 5.41) is 9.72. The molecule has 2 heterocycles. The summed E-state index contributed by atoms with van der Waals surface area (Å²) in [4.78, 5) is 13.4. The molecule has 3 rings (SSSR count). The Morgan fingerprint density at radius 1 is 1.32 bits per heavy atom. The molecule has 1 saturated carbocycles. The molecular formula is C13H20N4OS. The highest BCUT2D eigenvalue weighted by molar-refractivity contribution is 7.99. The molecule has 104 valence electrons. The maximum Gasteiger partial charge on any atom is 0.228 e. The zero-order valence-corrected chi connectivity index (χ0v) is 12.2. The van der Waals surface area contributed by atoms with Gasteiger partial charge in [-0.25, -0.2) is 0 Å². The molecule has 0 aromatic carbocycles. The van der Waals surface area contributed by atoms with Crippen molar-refractivity contribution in [2.24, 2.45) is 0 Å². The summed E-state index contributed by atoms with van der Waals surface area (Å²) < 4.78 is 2.30. The van der Waals surface area contributed by atoms with Crippen LogP contribution in [0.3, 0.4) is 0 Å². The quantitative estimate of drug-likeness (QED) is 0.748. The van der Waals surface area contributed by atoms with Crippen LogP contribution in [0.25, 0.3) is 0 Å². The third-order valence-electron chi connectivity index (χ3n) is 3.63. The Kier molecular flexibility index (Phi) is 3.77. The predicted octanol–water partition coefficient (Wildman–Crippen LogP) is 2.28. The second-order valence-corrected chi connectivity index (χ2v) is 6.44. The van der Waals surface area contributed by atoms with Crippen molar-refractivity contribution in [2.75, 3.05) is 23.7 Å². The highest BCUT2D eigenvalue weighted by atomic mass is 32.2. The zero-order chi connectivity index (χ0) is 13.2. The summed E-state index contributed by atoms with van der Waals surface area (Å²) in [5.41, 5.74) is 0. The molecule has 0 radical (unpaired) electrons. The predicted molar refractivity (Wildman–Crippen MR) is 75.8 cm³/mol. The van der Waals surface area contributed by atoms with Crippen LogP contribution in [-0.2, 0) is 4.79 Å². The van der Waals surface area contributed by atoms with Gasteiger partial charge in [-0.2, -0.15) is 0 Å². The Balaban J connectivity index is 1.74. The summed E-state index contributed by atoms with van der Waals surface area (Å²) in [6.07, 6.45) is 5.59. The summed E-state index contributed by atoms with van der Waals surface area (Å²) in [5.74, 6) is 2.09. The normalized spacial score (nSPS) is 19.1. The number of nitrogens with zero attached hydrogens (tertiary/aromatic N) is 4. The Bertz CT molecular complexity index is 463. The second kappa shape index (κ2) is 5.53. The van der Waals surface area contributed by atoms with Crippen LogP contribution < -0.4 is 4.90 Å². The van der Waals surface area contributed by atoms with Gasteiger partial charge in [-0.15, -0.1) is 10.2 Å². The van der Waals surface area contributed by atoms with Gasteiger partial charge in [0.2, 0.25) is 5.95 Å². The molecule has 1 aliphatic carbocycles. The molecule has 1 aromatic heterocycles. The van der Waals surface area contributed by atoms with Crippen molar-refractivity contribution in [3.63, 3.8) is 0 Å². The monoisotopic (exact) mass is 280 g/mol. The molecule has 0 amide bonds. The van der Waals surface area contributed by atoms with Crippen LogP contribution >= 0.6 is 11.8 Å². The van der Waals surface area contributed by atoms with Crippen LogP contribution in [0.2, 0.25) is 0 Å². The van der Waals surface area contributed by atoms with Gasteiger partial charge in [-0.3, -0.25) is 9.36 Å². The van der Waals surface area contributed by atoms with Gasteiger partial charge >= 0.3 is 0 Å². The number of carbonyl (C=O) groups excluding carboxylic acids is 1. The maximum atomic E-state index is 11.0. The van der Waals surface area contributed by atoms with E-state index in [1.165, 1.54) is 25.7 Å². The van der Waals surface area contributed by atoms with Gasteiger partial charge < -0.3 is 4.90 Å². The highest BCUT2D eigenvalue weighted by Gasteiger charge is 2.32. The lowest BCUT2D eigenvalue weighted by Crippen LogP contribution is -2.22. The molecule has 5 nitrogen and oxygen atoms in total. The van der Waals surface area contributed by atoms with Crippen LogP contribution in [0.5, 0.6) is 0 Å². The van der Waals surface area contributed by atoms with E-state index in [1.54, 1.807) is 18.7 Å². The molecule has 1 aliphatic heterocycles. The summed E-state index contributed by atoms with van der Waals surface area (Å²) in [6, 6.07) is 0.588. The van der Waals surface area contributed by atoms with Crippen molar-refractivity contribution in [3.05, 3.63) is 0 Å². The Hall–Kier alpha value is -1.04. The molecule has 0 unspecified atom stereocenters. The minimum Gasteiger partial charge on any atom is -0.341 e. The number of aromatic nitrogens is 3. The number of rotatable bonds is 6. The number of Topliss-reactive ketones (excluding diaryl/α,β-unsaturated/α-hetero) is 1. The number of anilines is 1. The molecule has 0 spiro atoms. The van der Waals surface area contributed by atoms with Crippen LogP contribution in [0.4, 0.5) is 5.95 Å². The van der Waals surface area contributed by atoms with Crippen LogP contribution in [0, 0.1) is 0 Å². The lowest BCUT2D eigenvalue weighted by molar-refractivity contribution is -0.116. The van der Waals surface area contributed by atoms with Crippen molar-refractivity contribution in [3.8, 4) is 0 Å². The molecule has 1 aromatic rings. The van der Waals surface area contributed by atoms with Gasteiger partial charge in [0.15, 0.2) is 5.16 Å². The van der Waals surface area contributed by atoms with Crippen molar-refractivity contribution < 1.29 is 4.79 Å². The van der Waals surface area contributed by atoms with Gasteiger partial charge in [0, 0.05) is 31.3 Å². The average molecular weight is 280 g/mol. The number of thioether (sulfide) groups is 1. The number of hydrogen-bond donors (Lipinski definition) is 0. The SMILES string of the molecule is CC(=O)CCSc1nnc(N2CCCC2)n1C1CC1. The zero-order valence-electron chi connectivity index (χ0n) is 11.3. The fourth-order valence-electron chi connectivity index (χ4n) is 2.44. The van der Waals surface area contributed by atoms with E-state index in [0.717, 1.165) is 29.9 Å². The fraction of sp³-hybridized carbons (Fsp3) is 0.769. The van der Waals surface area contributed by atoms with Crippen molar-refractivity contribution >= 4 is 23.5 Å². The summed E-state index contributed by atoms with van der Waals surface area (Å²) >= 11 is 1.67. The van der Waals surface area contributed by atoms with Gasteiger partial charge in [0.1, 0.15) is 5.78 Å². The minimum atomic E-state index is 0.241. The second-order valence-electron chi connectivity index (χ2n) is 5.38. The average Bonchev–Trinajstić information content (AvgIpc) is 2.91. The van der Waals surface area contributed by atoms with E-state index in [-0.39, 0.29) is 5.78 Å². The maximum absolute atomic E-state index is 11.0. The number of carbonyl (C=O) groups is 1. The van der Waals surface area contributed by atoms with Gasteiger partial charge in [-0.1, -0.05) is 11.8 Å². The van der Waals surface area contributed by atoms with E-state index in [9.17, 15) is 4.79 Å². The molecule has 0 bridgehead atoms. The highest BCUT2D eigenvalue weighted by Crippen LogP contribution is 2.41. The van der Waals surface area contributed by atoms with Crippen molar-refractivity contribution in [1.29, 1.82) is 0 Å². The van der Waals surface area contributed by atoms with E-state index in [1.807, 2.05) is 0 Å². The Labute approximate surface area is 117 Å². The first-order valence-corrected chi connectivity index (χ1v) is 8.06. The van der Waals surface area contributed by atoms with Crippen LogP contribution in [0.1, 0.15) is 45.1 Å². The third-order valence-corrected chi connectivity index (χ3v) is 4.58. The molecule has 19 heavy (non-hydrogen) atoms. The first-order chi connectivity index (χ1) is 9.25. The van der Waals surface area contributed by atoms with E-state index in [4.69, 9.17) is 0 Å². The van der Waals surface area contributed by atoms with Gasteiger partial charge in [0.05, 0.1) is 0 Å². The van der Waals surface area contributed by atoms with Crippen molar-refractivity contribution in [1.82, 2.24) is 14.8 Å². The number of ketones is 1. The summed E-state index contributed by atoms with van der Waals surface area (Å²) in [6.45, 7) is 3.84. The Morgan fingerprint density at radius 2 is 2.05 bits per heavy atom. The molecular weight excluding hydrogens is 260 g/mol. The van der Waals surface area contributed by atoms with E-state index in [2.05, 4.69) is 19.7 Å². The van der Waals surface area contributed by atoms with Gasteiger partial charge in [0.25, 0.3) is 0 Å². The first kappa shape index (κ1) is 13.0. The topological polar surface area (TPSA) is 51.0 Å². The van der Waals surface area contributed by atoms with E-state index >= 15 is 0 Å². The van der Waals surface area contributed by atoms with Crippen molar-refractivity contribution in [2.45, 2.75) is 50.2 Å². The molecule has 0 atom stereocenters. The number of hydrogen-bond acceptors (Lipinski definition) is 5. The standard InChI is InChI=1S/C13H20N4OS/c1-10(18)6-9-19-13-15-14-12(16-7-2-3-8-16)17(13)11-4-5-11/h11H,2-9H2,1H3. The van der Waals surface area contributed by atoms with Crippen LogP contribution in [-0.4, -0.2) is 39.4 Å². The van der Waals surface area contributed by atoms with E-state index in [0.29, 0.717) is 12.5 Å². The third kappa shape index (κ3) is 2.94. The fourth-order valence-corrected chi connectivity index (χ4v) is 3.48. The lowest BCUT2D eigenvalue weighted by atomic mass is 10.4. The smallest absolute Gasteiger partial charge is 0.228 e. The first-order valence-electron chi connectivity index (χ1n) is 7.08. The lowest BCUT2D eigenvalue weighted by Gasteiger charge is -2.17. The van der Waals surface area contributed by atoms with Gasteiger partial charge in [-0.05, 0) is 32.6 Å². The molecule has 2 fully saturated rings. The van der Waals surface area contributed by atoms with E-state index < -0.39 is 0 Å². The van der Waals surface area contributed by atoms with Crippen LogP contribution in [0.15, 0.2) is 5.16 Å². The minimum absolute atomic E-state index is 0.241. The largest absolute Gasteiger partial charge is 0.341 e. The Morgan fingerprint density at radius 3 is 2.68 bits per heavy atom. The molecule has 6 heteroatoms.